The Morgan fingerprint density at radius 2 is 1.82 bits per heavy atom. The fraction of sp³-hybridized carbons (Fsp3) is 0.353. The van der Waals surface area contributed by atoms with Gasteiger partial charge in [0.1, 0.15) is 12.4 Å². The van der Waals surface area contributed by atoms with Crippen molar-refractivity contribution in [3.8, 4) is 17.0 Å². The Morgan fingerprint density at radius 1 is 1.07 bits per heavy atom. The third-order valence-corrected chi connectivity index (χ3v) is 9.50. The largest absolute Gasteiger partial charge is 0.494 e. The summed E-state index contributed by atoms with van der Waals surface area (Å²) in [6.45, 7) is 7.68. The van der Waals surface area contributed by atoms with E-state index in [1.807, 2.05) is 24.3 Å². The Labute approximate surface area is 260 Å². The van der Waals surface area contributed by atoms with Crippen molar-refractivity contribution in [2.24, 2.45) is 11.8 Å². The molecule has 0 spiro atoms. The molecule has 5 heterocycles. The van der Waals surface area contributed by atoms with E-state index < -0.39 is 5.97 Å². The maximum absolute atomic E-state index is 12.8. The number of nitrogens with one attached hydrogen (secondary N) is 2. The summed E-state index contributed by atoms with van der Waals surface area (Å²) in [5.74, 6) is 1.16. The van der Waals surface area contributed by atoms with Crippen LogP contribution in [-0.4, -0.2) is 71.6 Å². The molecule has 3 fully saturated rings. The summed E-state index contributed by atoms with van der Waals surface area (Å²) in [7, 11) is 3.78. The van der Waals surface area contributed by atoms with E-state index in [2.05, 4.69) is 61.9 Å². The third-order valence-electron chi connectivity index (χ3n) is 9.50. The van der Waals surface area contributed by atoms with Gasteiger partial charge in [-0.2, -0.15) is 0 Å². The molecular weight excluding hydrogens is 570 g/mol. The van der Waals surface area contributed by atoms with Gasteiger partial charge in [0.15, 0.2) is 5.69 Å². The molecule has 230 valence electrons. The molecule has 0 bridgehead atoms. The van der Waals surface area contributed by atoms with Crippen LogP contribution in [0.3, 0.4) is 0 Å². The van der Waals surface area contributed by atoms with Gasteiger partial charge in [-0.05, 0) is 49.9 Å². The molecular formula is C34H35N7O4. The summed E-state index contributed by atoms with van der Waals surface area (Å²) < 4.78 is 13.6. The number of ether oxygens (including phenoxy) is 2. The van der Waals surface area contributed by atoms with Crippen LogP contribution in [0.25, 0.3) is 22.2 Å². The Kier molecular flexibility index (Phi) is 6.52. The second-order valence-electron chi connectivity index (χ2n) is 12.5. The van der Waals surface area contributed by atoms with Crippen LogP contribution in [0, 0.1) is 11.8 Å². The van der Waals surface area contributed by atoms with Gasteiger partial charge in [-0.25, -0.2) is 14.8 Å². The monoisotopic (exact) mass is 605 g/mol. The normalized spacial score (nSPS) is 20.7. The lowest BCUT2D eigenvalue weighted by Crippen LogP contribution is -2.27. The SMILES string of the molecule is C=CC(=O)Nc1cc(Nc2nc3c(c(-c4cn(C5CC5)c5ccccc45)n2)COC3=O)c(OC)cc1N1C[C@H]2CN(C)C[C@H]2C1. The summed E-state index contributed by atoms with van der Waals surface area (Å²) in [5.41, 5.74) is 5.72. The fourth-order valence-corrected chi connectivity index (χ4v) is 7.25. The highest BCUT2D eigenvalue weighted by atomic mass is 16.5. The van der Waals surface area contributed by atoms with Gasteiger partial charge in [0.2, 0.25) is 11.9 Å². The number of amides is 1. The molecule has 2 aromatic carbocycles. The molecule has 11 heteroatoms. The van der Waals surface area contributed by atoms with Crippen molar-refractivity contribution in [3.05, 3.63) is 66.5 Å². The van der Waals surface area contributed by atoms with E-state index in [-0.39, 0.29) is 24.2 Å². The van der Waals surface area contributed by atoms with Crippen molar-refractivity contribution >= 4 is 45.8 Å². The Morgan fingerprint density at radius 3 is 2.56 bits per heavy atom. The van der Waals surface area contributed by atoms with Gasteiger partial charge in [-0.3, -0.25) is 4.79 Å². The van der Waals surface area contributed by atoms with Crippen molar-refractivity contribution in [3.63, 3.8) is 0 Å². The minimum atomic E-state index is -0.478. The molecule has 2 N–H and O–H groups in total. The lowest BCUT2D eigenvalue weighted by atomic mass is 10.0. The number of para-hydroxylation sites is 1. The number of fused-ring (bicyclic) bond motifs is 3. The zero-order valence-electron chi connectivity index (χ0n) is 25.4. The number of hydrogen-bond donors (Lipinski definition) is 2. The molecule has 11 nitrogen and oxygen atoms in total. The Hall–Kier alpha value is -4.90. The van der Waals surface area contributed by atoms with E-state index in [1.165, 1.54) is 6.08 Å². The van der Waals surface area contributed by atoms with Crippen LogP contribution < -0.4 is 20.3 Å². The molecule has 2 atom stereocenters. The number of cyclic esters (lactones) is 1. The van der Waals surface area contributed by atoms with Crippen molar-refractivity contribution in [2.75, 3.05) is 55.9 Å². The number of likely N-dealkylation sites (tertiary alicyclic amines) is 1. The number of esters is 1. The van der Waals surface area contributed by atoms with E-state index in [0.717, 1.165) is 61.2 Å². The highest BCUT2D eigenvalue weighted by molar-refractivity contribution is 6.03. The smallest absolute Gasteiger partial charge is 0.357 e. The number of nitrogens with zero attached hydrogens (tertiary/aromatic N) is 5. The molecule has 3 aliphatic heterocycles. The molecule has 0 unspecified atom stereocenters. The van der Waals surface area contributed by atoms with Gasteiger partial charge >= 0.3 is 5.97 Å². The summed E-state index contributed by atoms with van der Waals surface area (Å²) in [6, 6.07) is 12.5. The minimum Gasteiger partial charge on any atom is -0.494 e. The number of benzene rings is 2. The number of carbonyl (C=O) groups is 2. The average molecular weight is 606 g/mol. The number of carbonyl (C=O) groups excluding carboxylic acids is 2. The van der Waals surface area contributed by atoms with E-state index in [1.54, 1.807) is 7.11 Å². The average Bonchev–Trinajstić information content (AvgIpc) is 3.34. The maximum atomic E-state index is 12.8. The Bertz CT molecular complexity index is 1870. The maximum Gasteiger partial charge on any atom is 0.357 e. The zero-order chi connectivity index (χ0) is 30.8. The van der Waals surface area contributed by atoms with Crippen LogP contribution in [0.1, 0.15) is 34.9 Å². The second-order valence-corrected chi connectivity index (χ2v) is 12.5. The quantitative estimate of drug-likeness (QED) is 0.212. The summed E-state index contributed by atoms with van der Waals surface area (Å²) >= 11 is 0. The summed E-state index contributed by atoms with van der Waals surface area (Å²) in [5, 5.41) is 7.36. The van der Waals surface area contributed by atoms with Gasteiger partial charge in [-0.1, -0.05) is 24.8 Å². The Balaban J connectivity index is 1.20. The van der Waals surface area contributed by atoms with Crippen LogP contribution >= 0.6 is 0 Å². The molecule has 2 saturated heterocycles. The number of hydrogen-bond acceptors (Lipinski definition) is 9. The van der Waals surface area contributed by atoms with Gasteiger partial charge in [0.25, 0.3) is 0 Å². The predicted octanol–water partition coefficient (Wildman–Crippen LogP) is 4.98. The van der Waals surface area contributed by atoms with Crippen molar-refractivity contribution in [2.45, 2.75) is 25.5 Å². The molecule has 45 heavy (non-hydrogen) atoms. The molecule has 8 rings (SSSR count). The fourth-order valence-electron chi connectivity index (χ4n) is 7.25. The number of rotatable bonds is 8. The lowest BCUT2D eigenvalue weighted by Gasteiger charge is -2.26. The number of aromatic nitrogens is 3. The lowest BCUT2D eigenvalue weighted by molar-refractivity contribution is -0.111. The van der Waals surface area contributed by atoms with Gasteiger partial charge in [0.05, 0.1) is 29.9 Å². The van der Waals surface area contributed by atoms with E-state index >= 15 is 0 Å². The van der Waals surface area contributed by atoms with Gasteiger partial charge < -0.3 is 34.5 Å². The first-order valence-electron chi connectivity index (χ1n) is 15.4. The molecule has 4 aliphatic rings. The minimum absolute atomic E-state index is 0.121. The van der Waals surface area contributed by atoms with Gasteiger partial charge in [0, 0.05) is 66.5 Å². The van der Waals surface area contributed by atoms with Crippen molar-refractivity contribution in [1.29, 1.82) is 0 Å². The predicted molar refractivity (Wildman–Crippen MR) is 172 cm³/mol. The highest BCUT2D eigenvalue weighted by Crippen LogP contribution is 2.44. The molecule has 2 aromatic heterocycles. The first-order valence-corrected chi connectivity index (χ1v) is 15.4. The van der Waals surface area contributed by atoms with Crippen LogP contribution in [-0.2, 0) is 16.1 Å². The van der Waals surface area contributed by atoms with Crippen LogP contribution in [0.15, 0.2) is 55.3 Å². The van der Waals surface area contributed by atoms with Crippen LogP contribution in [0.2, 0.25) is 0 Å². The summed E-state index contributed by atoms with van der Waals surface area (Å²) in [4.78, 5) is 39.7. The van der Waals surface area contributed by atoms with E-state index in [9.17, 15) is 9.59 Å². The van der Waals surface area contributed by atoms with E-state index in [0.29, 0.717) is 46.3 Å². The topological polar surface area (TPSA) is 114 Å². The molecule has 4 aromatic rings. The molecule has 0 radical (unpaired) electrons. The van der Waals surface area contributed by atoms with E-state index in [4.69, 9.17) is 14.5 Å². The zero-order valence-corrected chi connectivity index (χ0v) is 25.4. The second kappa shape index (κ2) is 10.6. The first-order chi connectivity index (χ1) is 21.9. The first kappa shape index (κ1) is 27.6. The highest BCUT2D eigenvalue weighted by Gasteiger charge is 2.40. The third kappa shape index (κ3) is 4.78. The van der Waals surface area contributed by atoms with Crippen LogP contribution in [0.4, 0.5) is 23.0 Å². The van der Waals surface area contributed by atoms with Crippen molar-refractivity contribution in [1.82, 2.24) is 19.4 Å². The standard InChI is InChI=1S/C34H35N7O4/c1-4-30(42)35-25-11-26(29(44-3)12-28(25)40-15-19-13-39(2)14-20(19)16-40)36-34-37-31(24-18-45-33(43)32(24)38-34)23-17-41(21-9-10-21)27-8-6-5-7-22(23)27/h4-8,11-12,17,19-21H,1,9-10,13-16,18H2,2-3H3,(H,35,42)(H,36,37,38)/t19-,20+. The summed E-state index contributed by atoms with van der Waals surface area (Å²) in [6.07, 6.45) is 5.68. The number of methoxy groups -OCH3 is 1. The van der Waals surface area contributed by atoms with Gasteiger partial charge in [-0.15, -0.1) is 0 Å². The molecule has 1 aliphatic carbocycles. The van der Waals surface area contributed by atoms with Crippen molar-refractivity contribution < 1.29 is 19.1 Å². The van der Waals surface area contributed by atoms with Crippen LogP contribution in [0.5, 0.6) is 5.75 Å². The number of anilines is 4. The molecule has 1 saturated carbocycles. The molecule has 1 amide bonds.